The maximum Gasteiger partial charge on any atom is 0.313 e. The van der Waals surface area contributed by atoms with Crippen LogP contribution in [0.3, 0.4) is 0 Å². The Labute approximate surface area is 194 Å². The number of morpholine rings is 1. The fourth-order valence-corrected chi connectivity index (χ4v) is 6.28. The van der Waals surface area contributed by atoms with Crippen LogP contribution in [0, 0.1) is 10.1 Å². The van der Waals surface area contributed by atoms with Crippen LogP contribution in [0.15, 0.2) is 6.07 Å². The monoisotopic (exact) mass is 479 g/mol. The highest BCUT2D eigenvalue weighted by Crippen LogP contribution is 2.40. The quantitative estimate of drug-likeness (QED) is 0.353. The van der Waals surface area contributed by atoms with Crippen LogP contribution < -0.4 is 9.80 Å². The van der Waals surface area contributed by atoms with E-state index in [-0.39, 0.29) is 21.8 Å². The predicted molar refractivity (Wildman–Crippen MR) is 131 cm³/mol. The summed E-state index contributed by atoms with van der Waals surface area (Å²) in [7, 11) is -1.93. The number of hydrogen-bond donors (Lipinski definition) is 0. The summed E-state index contributed by atoms with van der Waals surface area (Å²) < 4.78 is 12.8. The van der Waals surface area contributed by atoms with E-state index in [4.69, 9.17) is 19.1 Å². The highest BCUT2D eigenvalue weighted by Gasteiger charge is 2.40. The largest absolute Gasteiger partial charge is 0.412 e. The molecule has 4 heterocycles. The smallest absolute Gasteiger partial charge is 0.313 e. The number of hydrogen-bond acceptors (Lipinski definition) is 9. The number of anilines is 2. The first-order valence-corrected chi connectivity index (χ1v) is 15.0. The van der Waals surface area contributed by atoms with Crippen molar-refractivity contribution in [3.63, 3.8) is 0 Å². The third kappa shape index (κ3) is 4.75. The normalized spacial score (nSPS) is 20.7. The lowest BCUT2D eigenvalue weighted by Gasteiger charge is -2.42. The molecule has 0 amide bonds. The molecule has 2 fully saturated rings. The van der Waals surface area contributed by atoms with E-state index >= 15 is 0 Å². The van der Waals surface area contributed by atoms with E-state index in [1.807, 2.05) is 4.90 Å². The highest BCUT2D eigenvalue weighted by molar-refractivity contribution is 7.22. The zero-order valence-corrected chi connectivity index (χ0v) is 21.4. The second-order valence-electron chi connectivity index (χ2n) is 10.1. The minimum Gasteiger partial charge on any atom is -0.412 e. The van der Waals surface area contributed by atoms with Crippen LogP contribution in [0.1, 0.15) is 33.6 Å². The van der Waals surface area contributed by atoms with Gasteiger partial charge >= 0.3 is 5.69 Å². The Balaban J connectivity index is 1.61. The number of nitro groups is 1. The summed E-state index contributed by atoms with van der Waals surface area (Å²) >= 11 is 1.46. The zero-order valence-electron chi connectivity index (χ0n) is 19.6. The molecule has 2 saturated heterocycles. The van der Waals surface area contributed by atoms with Crippen molar-refractivity contribution in [2.45, 2.75) is 57.8 Å². The second-order valence-corrected chi connectivity index (χ2v) is 15.9. The topological polar surface area (TPSA) is 93.9 Å². The van der Waals surface area contributed by atoms with E-state index in [1.54, 1.807) is 6.07 Å². The second kappa shape index (κ2) is 8.84. The first-order valence-electron chi connectivity index (χ1n) is 11.3. The van der Waals surface area contributed by atoms with Gasteiger partial charge in [0.2, 0.25) is 5.82 Å². The Hall–Kier alpha value is -1.82. The number of fused-ring (bicyclic) bond motifs is 1. The molecule has 1 atom stereocenters. The summed E-state index contributed by atoms with van der Waals surface area (Å²) in [5, 5.41) is 12.9. The number of pyridine rings is 1. The third-order valence-corrected chi connectivity index (χ3v) is 12.3. The maximum atomic E-state index is 11.9. The zero-order chi connectivity index (χ0) is 23.1. The van der Waals surface area contributed by atoms with Gasteiger partial charge in [-0.3, -0.25) is 10.1 Å². The number of aromatic nitrogens is 2. The van der Waals surface area contributed by atoms with E-state index in [1.165, 1.54) is 11.3 Å². The van der Waals surface area contributed by atoms with E-state index in [0.29, 0.717) is 31.2 Å². The van der Waals surface area contributed by atoms with Crippen molar-refractivity contribution >= 4 is 46.6 Å². The Morgan fingerprint density at radius 1 is 1.22 bits per heavy atom. The minimum atomic E-state index is -1.93. The van der Waals surface area contributed by atoms with Crippen molar-refractivity contribution < 1.29 is 14.1 Å². The minimum absolute atomic E-state index is 0.0441. The van der Waals surface area contributed by atoms with Gasteiger partial charge in [-0.2, -0.15) is 4.98 Å². The van der Waals surface area contributed by atoms with E-state index < -0.39 is 8.32 Å². The fourth-order valence-electron chi connectivity index (χ4n) is 3.91. The molecule has 0 unspecified atom stereocenters. The van der Waals surface area contributed by atoms with Gasteiger partial charge in [-0.25, -0.2) is 4.98 Å². The van der Waals surface area contributed by atoms with Gasteiger partial charge in [-0.15, -0.1) is 0 Å². The molecule has 176 valence electrons. The Bertz CT molecular complexity index is 986. The SMILES string of the molecule is CC(C)(C)[Si](C)(C)O[C@H]1CCCN(c2nc3nc(N4CCOCC4)sc3cc2[N+](=O)[O-])C1. The predicted octanol–water partition coefficient (Wildman–Crippen LogP) is 4.43. The molecule has 0 bridgehead atoms. The van der Waals surface area contributed by atoms with Gasteiger partial charge in [-0.05, 0) is 31.0 Å². The average molecular weight is 480 g/mol. The van der Waals surface area contributed by atoms with Crippen molar-refractivity contribution in [3.05, 3.63) is 16.2 Å². The van der Waals surface area contributed by atoms with Gasteiger partial charge in [0.1, 0.15) is 0 Å². The molecule has 0 N–H and O–H groups in total. The first kappa shape index (κ1) is 23.3. The van der Waals surface area contributed by atoms with Gasteiger partial charge in [0.25, 0.3) is 0 Å². The standard InChI is InChI=1S/C21H33N5O4SSi/c1-21(2,3)32(4,5)30-15-7-6-8-25(14-15)19-16(26(27)28)13-17-18(22-19)23-20(31-17)24-9-11-29-12-10-24/h13,15H,6-12,14H2,1-5H3/t15-/m0/s1. The molecule has 0 spiro atoms. The lowest BCUT2D eigenvalue weighted by Crippen LogP contribution is -2.49. The molecular weight excluding hydrogens is 446 g/mol. The van der Waals surface area contributed by atoms with Crippen molar-refractivity contribution in [3.8, 4) is 0 Å². The summed E-state index contributed by atoms with van der Waals surface area (Å²) in [6.07, 6.45) is 1.95. The van der Waals surface area contributed by atoms with Crippen molar-refractivity contribution in [2.75, 3.05) is 49.2 Å². The molecule has 0 aliphatic carbocycles. The molecule has 4 rings (SSSR count). The lowest BCUT2D eigenvalue weighted by molar-refractivity contribution is -0.384. The number of rotatable bonds is 5. The number of piperidine rings is 1. The molecule has 11 heteroatoms. The average Bonchev–Trinajstić information content (AvgIpc) is 3.15. The van der Waals surface area contributed by atoms with E-state index in [2.05, 4.69) is 38.8 Å². The molecule has 2 aromatic heterocycles. The molecule has 9 nitrogen and oxygen atoms in total. The molecule has 2 aliphatic rings. The fraction of sp³-hybridized carbons (Fsp3) is 0.714. The summed E-state index contributed by atoms with van der Waals surface area (Å²) in [6, 6.07) is 1.64. The third-order valence-electron chi connectivity index (χ3n) is 6.76. The number of ether oxygens (including phenoxy) is 1. The molecule has 32 heavy (non-hydrogen) atoms. The maximum absolute atomic E-state index is 11.9. The first-order chi connectivity index (χ1) is 15.0. The summed E-state index contributed by atoms with van der Waals surface area (Å²) in [6.45, 7) is 15.4. The molecule has 2 aromatic rings. The van der Waals surface area contributed by atoms with Crippen LogP contribution in [0.25, 0.3) is 10.3 Å². The molecule has 0 saturated carbocycles. The van der Waals surface area contributed by atoms with Gasteiger partial charge in [-0.1, -0.05) is 32.1 Å². The highest BCUT2D eigenvalue weighted by atomic mass is 32.1. The van der Waals surface area contributed by atoms with Crippen LogP contribution >= 0.6 is 11.3 Å². The Morgan fingerprint density at radius 2 is 1.94 bits per heavy atom. The Morgan fingerprint density at radius 3 is 2.59 bits per heavy atom. The van der Waals surface area contributed by atoms with Crippen molar-refractivity contribution in [1.29, 1.82) is 0 Å². The van der Waals surface area contributed by atoms with Crippen LogP contribution in [0.2, 0.25) is 18.1 Å². The van der Waals surface area contributed by atoms with Crippen LogP contribution in [0.4, 0.5) is 16.6 Å². The number of nitrogens with zero attached hydrogens (tertiary/aromatic N) is 5. The van der Waals surface area contributed by atoms with Gasteiger partial charge in [0.05, 0.1) is 28.9 Å². The van der Waals surface area contributed by atoms with Gasteiger partial charge in [0.15, 0.2) is 19.1 Å². The van der Waals surface area contributed by atoms with Gasteiger partial charge in [0, 0.05) is 32.2 Å². The number of thiazole rings is 1. The summed E-state index contributed by atoms with van der Waals surface area (Å²) in [4.78, 5) is 25.2. The molecule has 2 aliphatic heterocycles. The summed E-state index contributed by atoms with van der Waals surface area (Å²) in [5.74, 6) is 0.407. The van der Waals surface area contributed by atoms with Crippen molar-refractivity contribution in [2.24, 2.45) is 0 Å². The molecule has 0 radical (unpaired) electrons. The lowest BCUT2D eigenvalue weighted by atomic mass is 10.1. The van der Waals surface area contributed by atoms with Crippen LogP contribution in [-0.2, 0) is 9.16 Å². The van der Waals surface area contributed by atoms with Crippen LogP contribution in [-0.4, -0.2) is 68.7 Å². The Kier molecular flexibility index (Phi) is 6.45. The summed E-state index contributed by atoms with van der Waals surface area (Å²) in [5.41, 5.74) is 0.618. The van der Waals surface area contributed by atoms with E-state index in [0.717, 1.165) is 42.3 Å². The van der Waals surface area contributed by atoms with Crippen LogP contribution in [0.5, 0.6) is 0 Å². The molecule has 0 aromatic carbocycles. The van der Waals surface area contributed by atoms with Gasteiger partial charge < -0.3 is 19.0 Å². The van der Waals surface area contributed by atoms with E-state index in [9.17, 15) is 10.1 Å². The molecular formula is C21H33N5O4SSi. The van der Waals surface area contributed by atoms with Crippen molar-refractivity contribution in [1.82, 2.24) is 9.97 Å².